The van der Waals surface area contributed by atoms with Gasteiger partial charge in [0, 0.05) is 25.6 Å². The van der Waals surface area contributed by atoms with E-state index in [4.69, 9.17) is 4.74 Å². The van der Waals surface area contributed by atoms with Crippen LogP contribution in [0.4, 0.5) is 5.95 Å². The first-order chi connectivity index (χ1) is 13.2. The number of para-hydroxylation sites is 1. The van der Waals surface area contributed by atoms with E-state index < -0.39 is 6.10 Å². The number of anilines is 1. The van der Waals surface area contributed by atoms with Crippen molar-refractivity contribution in [1.29, 1.82) is 0 Å². The summed E-state index contributed by atoms with van der Waals surface area (Å²) in [5.41, 5.74) is 0.800. The molecule has 1 aliphatic heterocycles. The van der Waals surface area contributed by atoms with Gasteiger partial charge in [-0.1, -0.05) is 23.3 Å². The largest absolute Gasteiger partial charge is 0.457 e. The molecule has 2 heterocycles. The van der Waals surface area contributed by atoms with Crippen molar-refractivity contribution < 1.29 is 14.9 Å². The molecule has 8 heteroatoms. The molecule has 4 rings (SSSR count). The lowest BCUT2D eigenvalue weighted by molar-refractivity contribution is 0.0543. The van der Waals surface area contributed by atoms with Crippen molar-refractivity contribution in [1.82, 2.24) is 20.2 Å². The molecule has 2 N–H and O–H groups in total. The van der Waals surface area contributed by atoms with Gasteiger partial charge >= 0.3 is 0 Å². The Kier molecular flexibility index (Phi) is 4.99. The second-order valence-corrected chi connectivity index (χ2v) is 6.54. The van der Waals surface area contributed by atoms with E-state index in [9.17, 15) is 10.2 Å². The quantitative estimate of drug-likeness (QED) is 0.707. The molecule has 0 aliphatic carbocycles. The van der Waals surface area contributed by atoms with Gasteiger partial charge < -0.3 is 19.8 Å². The molecule has 0 unspecified atom stereocenters. The second kappa shape index (κ2) is 7.73. The lowest BCUT2D eigenvalue weighted by atomic mass is 9.95. The summed E-state index contributed by atoms with van der Waals surface area (Å²) in [4.78, 5) is 1.94. The molecule has 1 aromatic heterocycles. The van der Waals surface area contributed by atoms with Gasteiger partial charge in [-0.25, -0.2) is 0 Å². The number of rotatable bonds is 5. The molecule has 0 bridgehead atoms. The van der Waals surface area contributed by atoms with E-state index in [1.807, 2.05) is 59.5 Å². The Labute approximate surface area is 156 Å². The molecule has 2 atom stereocenters. The maximum atomic E-state index is 10.2. The number of aliphatic hydroxyl groups excluding tert-OH is 2. The smallest absolute Gasteiger partial charge is 0.250 e. The van der Waals surface area contributed by atoms with Gasteiger partial charge in [0.2, 0.25) is 5.95 Å². The third kappa shape index (κ3) is 3.76. The van der Waals surface area contributed by atoms with Crippen LogP contribution in [0.1, 0.15) is 6.42 Å². The summed E-state index contributed by atoms with van der Waals surface area (Å²) < 4.78 is 7.44. The van der Waals surface area contributed by atoms with Gasteiger partial charge in [0.05, 0.1) is 11.8 Å². The molecule has 0 amide bonds. The fraction of sp³-hybridized carbons (Fsp3) is 0.316. The van der Waals surface area contributed by atoms with Gasteiger partial charge in [-0.3, -0.25) is 0 Å². The van der Waals surface area contributed by atoms with Crippen LogP contribution in [0.15, 0.2) is 54.6 Å². The summed E-state index contributed by atoms with van der Waals surface area (Å²) in [6.07, 6.45) is 0.0875. The lowest BCUT2D eigenvalue weighted by Crippen LogP contribution is -2.46. The van der Waals surface area contributed by atoms with E-state index in [-0.39, 0.29) is 12.5 Å². The van der Waals surface area contributed by atoms with Crippen LogP contribution in [0, 0.1) is 5.92 Å². The van der Waals surface area contributed by atoms with E-state index in [1.165, 1.54) is 0 Å². The number of aromatic nitrogens is 4. The summed E-state index contributed by atoms with van der Waals surface area (Å²) in [6.45, 7) is 1.06. The first-order valence-electron chi connectivity index (χ1n) is 8.90. The topological polar surface area (TPSA) is 96.5 Å². The molecule has 1 fully saturated rings. The van der Waals surface area contributed by atoms with Gasteiger partial charge in [0.1, 0.15) is 11.5 Å². The fourth-order valence-corrected chi connectivity index (χ4v) is 3.20. The van der Waals surface area contributed by atoms with E-state index in [2.05, 4.69) is 15.5 Å². The molecule has 27 heavy (non-hydrogen) atoms. The number of piperidine rings is 1. The minimum Gasteiger partial charge on any atom is -0.457 e. The van der Waals surface area contributed by atoms with Crippen LogP contribution in [-0.2, 0) is 0 Å². The van der Waals surface area contributed by atoms with Crippen molar-refractivity contribution >= 4 is 5.95 Å². The van der Waals surface area contributed by atoms with Crippen molar-refractivity contribution in [2.75, 3.05) is 24.6 Å². The van der Waals surface area contributed by atoms with Crippen molar-refractivity contribution in [3.63, 3.8) is 0 Å². The third-order valence-corrected chi connectivity index (χ3v) is 4.75. The monoisotopic (exact) mass is 367 g/mol. The molecule has 1 aliphatic rings. The molecule has 0 saturated carbocycles. The van der Waals surface area contributed by atoms with Crippen molar-refractivity contribution in [2.24, 2.45) is 5.92 Å². The summed E-state index contributed by atoms with van der Waals surface area (Å²) in [5, 5.41) is 31.5. The summed E-state index contributed by atoms with van der Waals surface area (Å²) >= 11 is 0. The molecule has 8 nitrogen and oxygen atoms in total. The average Bonchev–Trinajstić information content (AvgIpc) is 3.19. The first kappa shape index (κ1) is 17.4. The van der Waals surface area contributed by atoms with Gasteiger partial charge in [0.25, 0.3) is 0 Å². The zero-order valence-electron chi connectivity index (χ0n) is 14.7. The highest BCUT2D eigenvalue weighted by Crippen LogP contribution is 2.25. The van der Waals surface area contributed by atoms with Gasteiger partial charge in [0.15, 0.2) is 0 Å². The van der Waals surface area contributed by atoms with E-state index >= 15 is 0 Å². The molecule has 1 saturated heterocycles. The zero-order valence-corrected chi connectivity index (χ0v) is 14.7. The van der Waals surface area contributed by atoms with E-state index in [0.717, 1.165) is 17.2 Å². The van der Waals surface area contributed by atoms with E-state index in [1.54, 1.807) is 4.68 Å². The average molecular weight is 367 g/mol. The minimum atomic E-state index is -0.601. The van der Waals surface area contributed by atoms with Crippen LogP contribution < -0.4 is 9.64 Å². The number of aliphatic hydroxyl groups is 2. The lowest BCUT2D eigenvalue weighted by Gasteiger charge is -2.35. The summed E-state index contributed by atoms with van der Waals surface area (Å²) in [7, 11) is 0. The summed E-state index contributed by atoms with van der Waals surface area (Å²) in [6, 6.07) is 17.1. The number of benzene rings is 2. The molecule has 2 aromatic carbocycles. The number of hydrogen-bond donors (Lipinski definition) is 2. The SMILES string of the molecule is OC[C@H]1CCN(c2nnnn2-c2ccc(Oc3ccccc3)cc2)C[C@H]1O. The highest BCUT2D eigenvalue weighted by Gasteiger charge is 2.29. The van der Waals surface area contributed by atoms with Crippen LogP contribution in [0.25, 0.3) is 5.69 Å². The Morgan fingerprint density at radius 3 is 2.48 bits per heavy atom. The highest BCUT2D eigenvalue weighted by molar-refractivity contribution is 5.44. The molecule has 0 radical (unpaired) electrons. The van der Waals surface area contributed by atoms with E-state index in [0.29, 0.717) is 25.5 Å². The number of nitrogens with zero attached hydrogens (tertiary/aromatic N) is 5. The van der Waals surface area contributed by atoms with Crippen molar-refractivity contribution in [3.8, 4) is 17.2 Å². The first-order valence-corrected chi connectivity index (χ1v) is 8.90. The van der Waals surface area contributed by atoms with Gasteiger partial charge in [-0.05, 0) is 53.2 Å². The Morgan fingerprint density at radius 1 is 1.04 bits per heavy atom. The van der Waals surface area contributed by atoms with Crippen LogP contribution in [0.2, 0.25) is 0 Å². The maximum Gasteiger partial charge on any atom is 0.250 e. The predicted octanol–water partition coefficient (Wildman–Crippen LogP) is 1.63. The molecular formula is C19H21N5O3. The maximum absolute atomic E-state index is 10.2. The minimum absolute atomic E-state index is 0.0111. The number of hydrogen-bond acceptors (Lipinski definition) is 7. The Balaban J connectivity index is 1.51. The van der Waals surface area contributed by atoms with Gasteiger partial charge in [-0.2, -0.15) is 4.68 Å². The molecular weight excluding hydrogens is 346 g/mol. The zero-order chi connectivity index (χ0) is 18.6. The number of β-amino-alcohol motifs (C(OH)–C–C–N with tert-alkyl or cyclic N) is 1. The molecule has 0 spiro atoms. The molecule has 140 valence electrons. The third-order valence-electron chi connectivity index (χ3n) is 4.75. The van der Waals surface area contributed by atoms with Crippen molar-refractivity contribution in [2.45, 2.75) is 12.5 Å². The number of ether oxygens (including phenoxy) is 1. The van der Waals surface area contributed by atoms with Crippen molar-refractivity contribution in [3.05, 3.63) is 54.6 Å². The van der Waals surface area contributed by atoms with Crippen LogP contribution in [-0.4, -0.2) is 56.2 Å². The standard InChI is InChI=1S/C19H21N5O3/c25-13-14-10-11-23(12-18(14)26)19-20-21-22-24(19)15-6-8-17(9-7-15)27-16-4-2-1-3-5-16/h1-9,14,18,25-26H,10-13H2/t14-,18-/m1/s1. The number of tetrazole rings is 1. The Morgan fingerprint density at radius 2 is 1.78 bits per heavy atom. The van der Waals surface area contributed by atoms with Crippen LogP contribution in [0.5, 0.6) is 11.5 Å². The predicted molar refractivity (Wildman–Crippen MR) is 99.1 cm³/mol. The Hall–Kier alpha value is -2.97. The van der Waals surface area contributed by atoms with Gasteiger partial charge in [-0.15, -0.1) is 0 Å². The molecule has 3 aromatic rings. The Bertz CT molecular complexity index is 869. The van der Waals surface area contributed by atoms with Crippen LogP contribution in [0.3, 0.4) is 0 Å². The van der Waals surface area contributed by atoms with Crippen LogP contribution >= 0.6 is 0 Å². The normalized spacial score (nSPS) is 19.9. The summed E-state index contributed by atoms with van der Waals surface area (Å²) in [5.74, 6) is 1.97. The highest BCUT2D eigenvalue weighted by atomic mass is 16.5. The second-order valence-electron chi connectivity index (χ2n) is 6.54. The fourth-order valence-electron chi connectivity index (χ4n) is 3.20.